The molecule has 1 saturated heterocycles. The zero-order valence-electron chi connectivity index (χ0n) is 13.4. The van der Waals surface area contributed by atoms with Gasteiger partial charge in [-0.15, -0.1) is 12.4 Å². The molecule has 1 aliphatic heterocycles. The number of carbonyl (C=O) groups excluding carboxylic acids is 2. The minimum absolute atomic E-state index is 0. The standard InChI is InChI=1S/C16H23N3O2.ClH/c1-12-4-5-14(10-13(12)2)16(21)18(3)11-15(20)19-8-6-17-7-9-19;/h4-5,10,17H,6-9,11H2,1-3H3;1H. The summed E-state index contributed by atoms with van der Waals surface area (Å²) in [4.78, 5) is 27.8. The van der Waals surface area contributed by atoms with Crippen LogP contribution in [0.15, 0.2) is 18.2 Å². The second-order valence-electron chi connectivity index (χ2n) is 5.59. The Balaban J connectivity index is 0.00000242. The van der Waals surface area contributed by atoms with Gasteiger partial charge in [0.05, 0.1) is 6.54 Å². The van der Waals surface area contributed by atoms with Gasteiger partial charge in [0.25, 0.3) is 5.91 Å². The average molecular weight is 326 g/mol. The summed E-state index contributed by atoms with van der Waals surface area (Å²) in [5.41, 5.74) is 2.88. The third kappa shape index (κ3) is 4.45. The van der Waals surface area contributed by atoms with E-state index < -0.39 is 0 Å². The van der Waals surface area contributed by atoms with Crippen LogP contribution in [0.25, 0.3) is 0 Å². The summed E-state index contributed by atoms with van der Waals surface area (Å²) in [6.07, 6.45) is 0. The molecule has 1 aromatic rings. The molecule has 0 bridgehead atoms. The molecule has 0 unspecified atom stereocenters. The number of hydrogen-bond acceptors (Lipinski definition) is 3. The van der Waals surface area contributed by atoms with Crippen molar-refractivity contribution < 1.29 is 9.59 Å². The minimum Gasteiger partial charge on any atom is -0.339 e. The SMILES string of the molecule is Cc1ccc(C(=O)N(C)CC(=O)N2CCNCC2)cc1C.Cl. The zero-order chi connectivity index (χ0) is 15.4. The number of piperazine rings is 1. The molecule has 1 aromatic carbocycles. The molecule has 0 saturated carbocycles. The Morgan fingerprint density at radius 3 is 2.41 bits per heavy atom. The van der Waals surface area contributed by atoms with Crippen molar-refractivity contribution >= 4 is 24.2 Å². The summed E-state index contributed by atoms with van der Waals surface area (Å²) in [7, 11) is 1.68. The normalized spacial score (nSPS) is 14.2. The van der Waals surface area contributed by atoms with Crippen LogP contribution < -0.4 is 5.32 Å². The Hall–Kier alpha value is -1.59. The second-order valence-corrected chi connectivity index (χ2v) is 5.59. The molecule has 0 aliphatic carbocycles. The van der Waals surface area contributed by atoms with Crippen LogP contribution in [0.4, 0.5) is 0 Å². The molecule has 5 nitrogen and oxygen atoms in total. The smallest absolute Gasteiger partial charge is 0.254 e. The van der Waals surface area contributed by atoms with E-state index in [2.05, 4.69) is 5.32 Å². The highest BCUT2D eigenvalue weighted by atomic mass is 35.5. The fourth-order valence-corrected chi connectivity index (χ4v) is 2.38. The molecule has 0 atom stereocenters. The first-order valence-corrected chi connectivity index (χ1v) is 7.30. The van der Waals surface area contributed by atoms with Crippen molar-refractivity contribution in [1.29, 1.82) is 0 Å². The van der Waals surface area contributed by atoms with Gasteiger partial charge in [0.15, 0.2) is 0 Å². The molecule has 122 valence electrons. The van der Waals surface area contributed by atoms with Gasteiger partial charge < -0.3 is 15.1 Å². The maximum atomic E-state index is 12.4. The molecule has 22 heavy (non-hydrogen) atoms. The highest BCUT2D eigenvalue weighted by Crippen LogP contribution is 2.11. The van der Waals surface area contributed by atoms with Gasteiger partial charge in [-0.25, -0.2) is 0 Å². The molecular formula is C16H24ClN3O2. The number of aryl methyl sites for hydroxylation is 2. The monoisotopic (exact) mass is 325 g/mol. The molecule has 1 heterocycles. The number of benzene rings is 1. The van der Waals surface area contributed by atoms with Crippen LogP contribution in [0.3, 0.4) is 0 Å². The number of nitrogens with zero attached hydrogens (tertiary/aromatic N) is 2. The van der Waals surface area contributed by atoms with Crippen LogP contribution in [-0.4, -0.2) is 61.4 Å². The fraction of sp³-hybridized carbons (Fsp3) is 0.500. The highest BCUT2D eigenvalue weighted by molar-refractivity contribution is 5.96. The Kier molecular flexibility index (Phi) is 6.84. The summed E-state index contributed by atoms with van der Waals surface area (Å²) < 4.78 is 0. The molecule has 1 fully saturated rings. The second kappa shape index (κ2) is 8.15. The Morgan fingerprint density at radius 1 is 1.18 bits per heavy atom. The number of nitrogens with one attached hydrogen (secondary N) is 1. The molecular weight excluding hydrogens is 302 g/mol. The molecule has 1 aliphatic rings. The van der Waals surface area contributed by atoms with Gasteiger partial charge in [-0.1, -0.05) is 6.07 Å². The van der Waals surface area contributed by atoms with Gasteiger partial charge in [-0.3, -0.25) is 9.59 Å². The van der Waals surface area contributed by atoms with Crippen LogP contribution in [0.2, 0.25) is 0 Å². The maximum absolute atomic E-state index is 12.4. The molecule has 0 radical (unpaired) electrons. The van der Waals surface area contributed by atoms with Gasteiger partial charge in [-0.2, -0.15) is 0 Å². The zero-order valence-corrected chi connectivity index (χ0v) is 14.2. The highest BCUT2D eigenvalue weighted by Gasteiger charge is 2.20. The van der Waals surface area contributed by atoms with Crippen LogP contribution in [0, 0.1) is 13.8 Å². The van der Waals surface area contributed by atoms with E-state index in [1.165, 1.54) is 4.90 Å². The maximum Gasteiger partial charge on any atom is 0.254 e. The topological polar surface area (TPSA) is 52.7 Å². The number of rotatable bonds is 3. The molecule has 2 rings (SSSR count). The Labute approximate surface area is 138 Å². The van der Waals surface area contributed by atoms with Crippen molar-refractivity contribution in [2.24, 2.45) is 0 Å². The lowest BCUT2D eigenvalue weighted by Gasteiger charge is -2.29. The molecule has 6 heteroatoms. The van der Waals surface area contributed by atoms with Crippen molar-refractivity contribution in [3.63, 3.8) is 0 Å². The van der Waals surface area contributed by atoms with E-state index in [0.29, 0.717) is 18.7 Å². The lowest BCUT2D eigenvalue weighted by molar-refractivity contribution is -0.132. The van der Waals surface area contributed by atoms with E-state index in [1.807, 2.05) is 32.0 Å². The lowest BCUT2D eigenvalue weighted by atomic mass is 10.1. The number of halogens is 1. The predicted octanol–water partition coefficient (Wildman–Crippen LogP) is 1.23. The summed E-state index contributed by atoms with van der Waals surface area (Å²) in [6, 6.07) is 5.63. The van der Waals surface area contributed by atoms with E-state index in [1.54, 1.807) is 11.9 Å². The van der Waals surface area contributed by atoms with Gasteiger partial charge in [0.1, 0.15) is 0 Å². The minimum atomic E-state index is -0.110. The van der Waals surface area contributed by atoms with Crippen LogP contribution in [-0.2, 0) is 4.79 Å². The Morgan fingerprint density at radius 2 is 1.82 bits per heavy atom. The summed E-state index contributed by atoms with van der Waals surface area (Å²) >= 11 is 0. The van der Waals surface area contributed by atoms with E-state index in [-0.39, 0.29) is 30.8 Å². The van der Waals surface area contributed by atoms with Crippen molar-refractivity contribution in [3.05, 3.63) is 34.9 Å². The largest absolute Gasteiger partial charge is 0.339 e. The molecule has 2 amide bonds. The quantitative estimate of drug-likeness (QED) is 0.909. The number of likely N-dealkylation sites (N-methyl/N-ethyl adjacent to an activating group) is 1. The molecule has 0 spiro atoms. The van der Waals surface area contributed by atoms with E-state index >= 15 is 0 Å². The van der Waals surface area contributed by atoms with Crippen LogP contribution in [0.1, 0.15) is 21.5 Å². The summed E-state index contributed by atoms with van der Waals surface area (Å²) in [6.45, 7) is 7.20. The first-order chi connectivity index (χ1) is 9.99. The predicted molar refractivity (Wildman–Crippen MR) is 89.6 cm³/mol. The summed E-state index contributed by atoms with van der Waals surface area (Å²) in [5, 5.41) is 3.21. The third-order valence-corrected chi connectivity index (χ3v) is 3.94. The first-order valence-electron chi connectivity index (χ1n) is 7.30. The number of amides is 2. The fourth-order valence-electron chi connectivity index (χ4n) is 2.38. The molecule has 1 N–H and O–H groups in total. The third-order valence-electron chi connectivity index (χ3n) is 3.94. The van der Waals surface area contributed by atoms with Crippen molar-refractivity contribution in [2.45, 2.75) is 13.8 Å². The van der Waals surface area contributed by atoms with Gasteiger partial charge in [0.2, 0.25) is 5.91 Å². The molecule has 0 aromatic heterocycles. The average Bonchev–Trinajstić information content (AvgIpc) is 2.50. The van der Waals surface area contributed by atoms with E-state index in [0.717, 1.165) is 24.2 Å². The summed E-state index contributed by atoms with van der Waals surface area (Å²) in [5.74, 6) is -0.0993. The van der Waals surface area contributed by atoms with Crippen LogP contribution >= 0.6 is 12.4 Å². The lowest BCUT2D eigenvalue weighted by Crippen LogP contribution is -2.49. The van der Waals surface area contributed by atoms with Crippen molar-refractivity contribution in [1.82, 2.24) is 15.1 Å². The van der Waals surface area contributed by atoms with Crippen molar-refractivity contribution in [2.75, 3.05) is 39.8 Å². The van der Waals surface area contributed by atoms with E-state index in [4.69, 9.17) is 0 Å². The van der Waals surface area contributed by atoms with Gasteiger partial charge in [-0.05, 0) is 37.1 Å². The number of hydrogen-bond donors (Lipinski definition) is 1. The van der Waals surface area contributed by atoms with Gasteiger partial charge in [0, 0.05) is 38.8 Å². The van der Waals surface area contributed by atoms with Crippen LogP contribution in [0.5, 0.6) is 0 Å². The number of carbonyl (C=O) groups is 2. The van der Waals surface area contributed by atoms with E-state index in [9.17, 15) is 9.59 Å². The Bertz CT molecular complexity index is 542. The van der Waals surface area contributed by atoms with Gasteiger partial charge >= 0.3 is 0 Å². The first kappa shape index (κ1) is 18.5. The van der Waals surface area contributed by atoms with Crippen molar-refractivity contribution in [3.8, 4) is 0 Å².